The van der Waals surface area contributed by atoms with Crippen LogP contribution in [0.2, 0.25) is 0 Å². The molecule has 0 fully saturated rings. The number of hydrogen-bond donors (Lipinski definition) is 1. The van der Waals surface area contributed by atoms with Gasteiger partial charge in [-0.25, -0.2) is 9.67 Å². The number of ether oxygens (including phenoxy) is 1. The number of hydrogen-bond acceptors (Lipinski definition) is 4. The number of rotatable bonds is 7. The topological polar surface area (TPSA) is 52.0 Å². The second-order valence-corrected chi connectivity index (χ2v) is 3.78. The Hall–Kier alpha value is -0.940. The summed E-state index contributed by atoms with van der Waals surface area (Å²) >= 11 is 0. The lowest BCUT2D eigenvalue weighted by Crippen LogP contribution is -2.24. The van der Waals surface area contributed by atoms with Crippen molar-refractivity contribution in [3.05, 3.63) is 12.2 Å². The Balaban J connectivity index is 2.39. The highest BCUT2D eigenvalue weighted by molar-refractivity contribution is 4.84. The van der Waals surface area contributed by atoms with Crippen LogP contribution in [0.25, 0.3) is 0 Å². The van der Waals surface area contributed by atoms with Gasteiger partial charge in [0.15, 0.2) is 0 Å². The molecule has 0 bridgehead atoms. The van der Waals surface area contributed by atoms with Gasteiger partial charge in [0.25, 0.3) is 0 Å². The molecule has 0 spiro atoms. The number of aryl methyl sites for hydroxylation is 1. The van der Waals surface area contributed by atoms with Crippen LogP contribution in [0.4, 0.5) is 0 Å². The van der Waals surface area contributed by atoms with Gasteiger partial charge in [-0.05, 0) is 6.42 Å². The van der Waals surface area contributed by atoms with E-state index < -0.39 is 0 Å². The number of methoxy groups -OCH3 is 1. The Labute approximate surface area is 90.8 Å². The lowest BCUT2D eigenvalue weighted by molar-refractivity contribution is 0.188. The summed E-state index contributed by atoms with van der Waals surface area (Å²) in [5, 5.41) is 7.50. The molecule has 1 aromatic heterocycles. The third kappa shape index (κ3) is 4.40. The summed E-state index contributed by atoms with van der Waals surface area (Å²) in [5.41, 5.74) is 0. The summed E-state index contributed by atoms with van der Waals surface area (Å²) in [6.45, 7) is 6.63. The van der Waals surface area contributed by atoms with Gasteiger partial charge >= 0.3 is 0 Å². The van der Waals surface area contributed by atoms with Gasteiger partial charge in [-0.1, -0.05) is 13.8 Å². The maximum absolute atomic E-state index is 5.00. The first-order valence-electron chi connectivity index (χ1n) is 5.33. The molecule has 0 aliphatic rings. The standard InChI is InChI=1S/C10H20N4O/c1-9(2)11-7-10-12-8-13-14(10)5-4-6-15-3/h8-9,11H,4-7H2,1-3H3. The van der Waals surface area contributed by atoms with Crippen molar-refractivity contribution in [1.29, 1.82) is 0 Å². The van der Waals surface area contributed by atoms with Crippen molar-refractivity contribution < 1.29 is 4.74 Å². The highest BCUT2D eigenvalue weighted by atomic mass is 16.5. The van der Waals surface area contributed by atoms with Crippen molar-refractivity contribution in [2.45, 2.75) is 39.4 Å². The fourth-order valence-electron chi connectivity index (χ4n) is 1.27. The summed E-state index contributed by atoms with van der Waals surface area (Å²) in [4.78, 5) is 4.22. The largest absolute Gasteiger partial charge is 0.385 e. The van der Waals surface area contributed by atoms with Crippen LogP contribution in [0.5, 0.6) is 0 Å². The Morgan fingerprint density at radius 2 is 2.33 bits per heavy atom. The van der Waals surface area contributed by atoms with Crippen molar-refractivity contribution in [1.82, 2.24) is 20.1 Å². The normalized spacial score (nSPS) is 11.2. The minimum Gasteiger partial charge on any atom is -0.385 e. The average molecular weight is 212 g/mol. The van der Waals surface area contributed by atoms with E-state index in [0.717, 1.165) is 31.9 Å². The Morgan fingerprint density at radius 1 is 1.53 bits per heavy atom. The Kier molecular flexibility index (Phi) is 5.28. The third-order valence-corrected chi connectivity index (χ3v) is 2.08. The first-order chi connectivity index (χ1) is 7.24. The molecule has 0 saturated carbocycles. The molecule has 5 heteroatoms. The Bertz CT molecular complexity index is 272. The highest BCUT2D eigenvalue weighted by Gasteiger charge is 2.04. The first-order valence-corrected chi connectivity index (χ1v) is 5.33. The zero-order chi connectivity index (χ0) is 11.1. The second kappa shape index (κ2) is 6.53. The molecule has 86 valence electrons. The third-order valence-electron chi connectivity index (χ3n) is 2.08. The zero-order valence-electron chi connectivity index (χ0n) is 9.73. The number of nitrogens with zero attached hydrogens (tertiary/aromatic N) is 3. The molecule has 0 unspecified atom stereocenters. The van der Waals surface area contributed by atoms with Crippen LogP contribution >= 0.6 is 0 Å². The summed E-state index contributed by atoms with van der Waals surface area (Å²) in [6.07, 6.45) is 2.57. The van der Waals surface area contributed by atoms with E-state index in [9.17, 15) is 0 Å². The molecule has 1 rings (SSSR count). The summed E-state index contributed by atoms with van der Waals surface area (Å²) < 4.78 is 6.93. The molecule has 1 heterocycles. The van der Waals surface area contributed by atoms with Gasteiger partial charge in [0, 0.05) is 26.3 Å². The molecular weight excluding hydrogens is 192 g/mol. The maximum Gasteiger partial charge on any atom is 0.140 e. The van der Waals surface area contributed by atoms with Gasteiger partial charge in [0.1, 0.15) is 12.2 Å². The fraction of sp³-hybridized carbons (Fsp3) is 0.800. The predicted molar refractivity (Wildman–Crippen MR) is 58.5 cm³/mol. The summed E-state index contributed by atoms with van der Waals surface area (Å²) in [6, 6.07) is 0.467. The lowest BCUT2D eigenvalue weighted by Gasteiger charge is -2.09. The van der Waals surface area contributed by atoms with E-state index in [0.29, 0.717) is 6.04 Å². The molecule has 0 saturated heterocycles. The summed E-state index contributed by atoms with van der Waals surface area (Å²) in [5.74, 6) is 0.986. The minimum atomic E-state index is 0.467. The van der Waals surface area contributed by atoms with Crippen molar-refractivity contribution in [2.75, 3.05) is 13.7 Å². The SMILES string of the molecule is COCCCn1ncnc1CNC(C)C. The molecule has 0 atom stereocenters. The monoisotopic (exact) mass is 212 g/mol. The van der Waals surface area contributed by atoms with Crippen LogP contribution in [0.3, 0.4) is 0 Å². The van der Waals surface area contributed by atoms with Crippen LogP contribution in [-0.4, -0.2) is 34.5 Å². The number of nitrogens with one attached hydrogen (secondary N) is 1. The van der Waals surface area contributed by atoms with Crippen molar-refractivity contribution in [2.24, 2.45) is 0 Å². The average Bonchev–Trinajstić information content (AvgIpc) is 2.63. The smallest absolute Gasteiger partial charge is 0.140 e. The van der Waals surface area contributed by atoms with Crippen LogP contribution in [0.1, 0.15) is 26.1 Å². The second-order valence-electron chi connectivity index (χ2n) is 3.78. The molecule has 15 heavy (non-hydrogen) atoms. The molecule has 0 amide bonds. The Morgan fingerprint density at radius 3 is 3.00 bits per heavy atom. The molecular formula is C10H20N4O. The number of aromatic nitrogens is 3. The lowest BCUT2D eigenvalue weighted by atomic mass is 10.4. The van der Waals surface area contributed by atoms with Crippen molar-refractivity contribution in [3.8, 4) is 0 Å². The minimum absolute atomic E-state index is 0.467. The van der Waals surface area contributed by atoms with Crippen LogP contribution in [0, 0.1) is 0 Å². The van der Waals surface area contributed by atoms with E-state index in [1.165, 1.54) is 0 Å². The quantitative estimate of drug-likeness (QED) is 0.680. The fourth-order valence-corrected chi connectivity index (χ4v) is 1.27. The van der Waals surface area contributed by atoms with Gasteiger partial charge in [-0.2, -0.15) is 5.10 Å². The van der Waals surface area contributed by atoms with Gasteiger partial charge in [0.05, 0.1) is 6.54 Å². The van der Waals surface area contributed by atoms with Crippen molar-refractivity contribution in [3.63, 3.8) is 0 Å². The van der Waals surface area contributed by atoms with Gasteiger partial charge in [-0.3, -0.25) is 0 Å². The molecule has 5 nitrogen and oxygen atoms in total. The van der Waals surface area contributed by atoms with E-state index in [1.54, 1.807) is 13.4 Å². The van der Waals surface area contributed by atoms with E-state index in [-0.39, 0.29) is 0 Å². The predicted octanol–water partition coefficient (Wildman–Crippen LogP) is 0.813. The summed E-state index contributed by atoms with van der Waals surface area (Å²) in [7, 11) is 1.71. The van der Waals surface area contributed by atoms with Crippen LogP contribution in [-0.2, 0) is 17.8 Å². The van der Waals surface area contributed by atoms with E-state index in [4.69, 9.17) is 4.74 Å². The van der Waals surface area contributed by atoms with Crippen LogP contribution in [0.15, 0.2) is 6.33 Å². The van der Waals surface area contributed by atoms with Gasteiger partial charge in [-0.15, -0.1) is 0 Å². The maximum atomic E-state index is 5.00. The molecule has 0 aliphatic carbocycles. The van der Waals surface area contributed by atoms with E-state index >= 15 is 0 Å². The van der Waals surface area contributed by atoms with Crippen molar-refractivity contribution >= 4 is 0 Å². The van der Waals surface area contributed by atoms with Crippen LogP contribution < -0.4 is 5.32 Å². The van der Waals surface area contributed by atoms with E-state index in [1.807, 2.05) is 4.68 Å². The first kappa shape index (κ1) is 12.1. The molecule has 0 radical (unpaired) electrons. The zero-order valence-corrected chi connectivity index (χ0v) is 9.73. The van der Waals surface area contributed by atoms with E-state index in [2.05, 4.69) is 29.2 Å². The molecule has 0 aliphatic heterocycles. The van der Waals surface area contributed by atoms with Gasteiger partial charge < -0.3 is 10.1 Å². The highest BCUT2D eigenvalue weighted by Crippen LogP contribution is 1.96. The molecule has 1 N–H and O–H groups in total. The molecule has 0 aromatic carbocycles. The molecule has 1 aromatic rings. The van der Waals surface area contributed by atoms with Gasteiger partial charge in [0.2, 0.25) is 0 Å².